The Bertz CT molecular complexity index is 1400. The molecule has 450 valence electrons. The van der Waals surface area contributed by atoms with Gasteiger partial charge < -0.3 is 40.3 Å². The molecule has 1 fully saturated rings. The Kier molecular flexibility index (Phi) is 54.1. The van der Waals surface area contributed by atoms with Crippen LogP contribution in [0.1, 0.15) is 309 Å². The van der Waals surface area contributed by atoms with Crippen molar-refractivity contribution in [2.24, 2.45) is 0 Å². The average molecular weight is 1080 g/mol. The van der Waals surface area contributed by atoms with Gasteiger partial charge in [0.25, 0.3) is 0 Å². The van der Waals surface area contributed by atoms with Gasteiger partial charge in [-0.3, -0.25) is 4.79 Å². The molecule has 0 aromatic heterocycles. The van der Waals surface area contributed by atoms with Crippen LogP contribution in [-0.2, 0) is 14.3 Å². The van der Waals surface area contributed by atoms with E-state index in [0.29, 0.717) is 6.42 Å². The van der Waals surface area contributed by atoms with Crippen LogP contribution in [0.5, 0.6) is 0 Å². The zero-order valence-electron chi connectivity index (χ0n) is 50.2. The molecular formula is C68H125NO8. The maximum absolute atomic E-state index is 13.1. The van der Waals surface area contributed by atoms with Crippen molar-refractivity contribution in [3.05, 3.63) is 60.8 Å². The maximum atomic E-state index is 13.1. The highest BCUT2D eigenvalue weighted by atomic mass is 16.7. The van der Waals surface area contributed by atoms with Gasteiger partial charge in [-0.25, -0.2) is 0 Å². The van der Waals surface area contributed by atoms with E-state index in [1.54, 1.807) is 6.08 Å². The van der Waals surface area contributed by atoms with E-state index in [9.17, 15) is 30.3 Å². The Hall–Kier alpha value is -2.11. The molecule has 1 aliphatic heterocycles. The first-order chi connectivity index (χ1) is 37.8. The monoisotopic (exact) mass is 1080 g/mol. The lowest BCUT2D eigenvalue weighted by Gasteiger charge is -2.40. The molecule has 0 bridgehead atoms. The lowest BCUT2D eigenvalue weighted by atomic mass is 9.99. The van der Waals surface area contributed by atoms with Crippen LogP contribution in [0.2, 0.25) is 0 Å². The van der Waals surface area contributed by atoms with Crippen molar-refractivity contribution in [1.82, 2.24) is 5.32 Å². The molecular weight excluding hydrogens is 959 g/mol. The lowest BCUT2D eigenvalue weighted by molar-refractivity contribution is -0.302. The summed E-state index contributed by atoms with van der Waals surface area (Å²) in [4.78, 5) is 13.1. The summed E-state index contributed by atoms with van der Waals surface area (Å²) in [5, 5.41) is 54.6. The number of aliphatic hydroxyl groups is 5. The van der Waals surface area contributed by atoms with Gasteiger partial charge in [-0.2, -0.15) is 0 Å². The quantitative estimate of drug-likeness (QED) is 0.0261. The van der Waals surface area contributed by atoms with Crippen LogP contribution >= 0.6 is 0 Å². The molecule has 0 spiro atoms. The zero-order chi connectivity index (χ0) is 55.8. The predicted octanol–water partition coefficient (Wildman–Crippen LogP) is 17.4. The number of allylic oxidation sites excluding steroid dienone is 9. The van der Waals surface area contributed by atoms with Gasteiger partial charge in [0.05, 0.1) is 25.4 Å². The summed E-state index contributed by atoms with van der Waals surface area (Å²) >= 11 is 0. The van der Waals surface area contributed by atoms with Gasteiger partial charge in [-0.05, 0) is 77.0 Å². The summed E-state index contributed by atoms with van der Waals surface area (Å²) in [6.45, 7) is 3.79. The van der Waals surface area contributed by atoms with Crippen LogP contribution < -0.4 is 5.32 Å². The number of hydrogen-bond donors (Lipinski definition) is 6. The smallest absolute Gasteiger partial charge is 0.220 e. The number of amides is 1. The third-order valence-corrected chi connectivity index (χ3v) is 15.5. The van der Waals surface area contributed by atoms with Crippen LogP contribution in [0.3, 0.4) is 0 Å². The summed E-state index contributed by atoms with van der Waals surface area (Å²) < 4.78 is 11.3. The molecule has 1 amide bonds. The van der Waals surface area contributed by atoms with Crippen LogP contribution in [0.4, 0.5) is 0 Å². The van der Waals surface area contributed by atoms with Crippen LogP contribution in [0.25, 0.3) is 0 Å². The number of aliphatic hydroxyl groups excluding tert-OH is 5. The van der Waals surface area contributed by atoms with Crippen LogP contribution in [0, 0.1) is 0 Å². The number of carbonyl (C=O) groups excluding carboxylic acids is 1. The second kappa shape index (κ2) is 57.1. The fraction of sp³-hybridized carbons (Fsp3) is 0.838. The second-order valence-corrected chi connectivity index (χ2v) is 22.9. The summed E-state index contributed by atoms with van der Waals surface area (Å²) in [5.41, 5.74) is 0. The van der Waals surface area contributed by atoms with Gasteiger partial charge in [-0.15, -0.1) is 0 Å². The minimum atomic E-state index is -1.58. The molecule has 1 heterocycles. The number of hydrogen-bond acceptors (Lipinski definition) is 8. The van der Waals surface area contributed by atoms with E-state index in [-0.39, 0.29) is 12.5 Å². The number of rotatable bonds is 57. The largest absolute Gasteiger partial charge is 0.394 e. The Morgan fingerprint density at radius 2 is 0.779 bits per heavy atom. The van der Waals surface area contributed by atoms with Gasteiger partial charge in [0.15, 0.2) is 6.29 Å². The van der Waals surface area contributed by atoms with E-state index in [0.717, 1.165) is 51.4 Å². The van der Waals surface area contributed by atoms with E-state index in [2.05, 4.69) is 67.8 Å². The Balaban J connectivity index is 2.18. The number of ether oxygens (including phenoxy) is 2. The van der Waals surface area contributed by atoms with Gasteiger partial charge in [0.2, 0.25) is 5.91 Å². The first kappa shape index (κ1) is 72.9. The molecule has 9 heteroatoms. The minimum Gasteiger partial charge on any atom is -0.394 e. The first-order valence-electron chi connectivity index (χ1n) is 33.0. The lowest BCUT2D eigenvalue weighted by Crippen LogP contribution is -2.60. The minimum absolute atomic E-state index is 0.188. The molecule has 0 aliphatic carbocycles. The molecule has 0 radical (unpaired) electrons. The fourth-order valence-corrected chi connectivity index (χ4v) is 10.3. The standard InChI is InChI=1S/C68H125NO8/c1-3-5-7-9-11-13-15-17-19-21-23-25-27-28-29-30-31-32-33-34-36-38-40-42-44-46-48-50-52-54-56-58-64(72)69-61(60-76-68-67(75)66(74)65(73)63(59-70)77-68)62(71)57-55-53-51-49-47-45-43-41-39-37-35-26-24-22-20-18-16-14-12-10-8-6-4-2/h23,25,28-29,39,41,47,49,55,57,61-63,65-68,70-71,73-75H,3-22,24,26-27,30-38,40,42-46,48,50-54,56,58-60H2,1-2H3,(H,69,72)/b25-23-,29-28-,41-39+,49-47+,57-55+. The van der Waals surface area contributed by atoms with Crippen LogP contribution in [0.15, 0.2) is 60.8 Å². The predicted molar refractivity (Wildman–Crippen MR) is 327 cm³/mol. The number of unbranched alkanes of at least 4 members (excludes halogenated alkanes) is 39. The van der Waals surface area contributed by atoms with Crippen molar-refractivity contribution >= 4 is 5.91 Å². The Morgan fingerprint density at radius 3 is 1.17 bits per heavy atom. The van der Waals surface area contributed by atoms with Crippen molar-refractivity contribution in [3.63, 3.8) is 0 Å². The van der Waals surface area contributed by atoms with Gasteiger partial charge >= 0.3 is 0 Å². The molecule has 9 nitrogen and oxygen atoms in total. The maximum Gasteiger partial charge on any atom is 0.220 e. The molecule has 7 unspecified atom stereocenters. The summed E-state index contributed by atoms with van der Waals surface area (Å²) in [6.07, 6.45) is 71.7. The highest BCUT2D eigenvalue weighted by molar-refractivity contribution is 5.76. The summed E-state index contributed by atoms with van der Waals surface area (Å²) in [7, 11) is 0. The van der Waals surface area contributed by atoms with Crippen molar-refractivity contribution in [3.8, 4) is 0 Å². The van der Waals surface area contributed by atoms with E-state index in [1.807, 2.05) is 6.08 Å². The number of carbonyl (C=O) groups is 1. The highest BCUT2D eigenvalue weighted by Gasteiger charge is 2.44. The third kappa shape index (κ3) is 46.2. The molecule has 77 heavy (non-hydrogen) atoms. The van der Waals surface area contributed by atoms with Gasteiger partial charge in [0.1, 0.15) is 24.4 Å². The molecule has 1 rings (SSSR count). The van der Waals surface area contributed by atoms with Crippen molar-refractivity contribution < 1.29 is 39.8 Å². The SMILES string of the molecule is CCCCCCCCCCC/C=C\C/C=C\CCCCCCCCCCCCCCCCCC(=O)NC(COC1OC(CO)C(O)C(O)C1O)C(O)/C=C/CC/C=C/CC/C=C/CCCCCCCCCCCCCCC. The van der Waals surface area contributed by atoms with E-state index < -0.39 is 49.5 Å². The topological polar surface area (TPSA) is 149 Å². The highest BCUT2D eigenvalue weighted by Crippen LogP contribution is 2.23. The van der Waals surface area contributed by atoms with Crippen LogP contribution in [-0.4, -0.2) is 87.5 Å². The molecule has 0 aromatic carbocycles. The Labute approximate surface area is 475 Å². The van der Waals surface area contributed by atoms with Crippen molar-refractivity contribution in [2.45, 2.75) is 352 Å². The fourth-order valence-electron chi connectivity index (χ4n) is 10.3. The zero-order valence-corrected chi connectivity index (χ0v) is 50.2. The van der Waals surface area contributed by atoms with E-state index in [4.69, 9.17) is 9.47 Å². The molecule has 1 saturated heterocycles. The third-order valence-electron chi connectivity index (χ3n) is 15.5. The van der Waals surface area contributed by atoms with Gasteiger partial charge in [0, 0.05) is 6.42 Å². The first-order valence-corrected chi connectivity index (χ1v) is 33.0. The Morgan fingerprint density at radius 1 is 0.442 bits per heavy atom. The number of nitrogens with one attached hydrogen (secondary N) is 1. The van der Waals surface area contributed by atoms with Crippen molar-refractivity contribution in [2.75, 3.05) is 13.2 Å². The normalized spacial score (nSPS) is 19.1. The molecule has 7 atom stereocenters. The molecule has 6 N–H and O–H groups in total. The summed E-state index contributed by atoms with van der Waals surface area (Å²) in [6, 6.07) is -0.831. The molecule has 0 aromatic rings. The van der Waals surface area contributed by atoms with E-state index >= 15 is 0 Å². The van der Waals surface area contributed by atoms with Crippen molar-refractivity contribution in [1.29, 1.82) is 0 Å². The van der Waals surface area contributed by atoms with Gasteiger partial charge in [-0.1, -0.05) is 286 Å². The summed E-state index contributed by atoms with van der Waals surface area (Å²) in [5.74, 6) is -0.188. The average Bonchev–Trinajstić information content (AvgIpc) is 3.43. The van der Waals surface area contributed by atoms with E-state index in [1.165, 1.54) is 238 Å². The molecule has 0 saturated carbocycles. The molecule has 1 aliphatic rings. The second-order valence-electron chi connectivity index (χ2n) is 22.9.